The fourth-order valence-corrected chi connectivity index (χ4v) is 4.84. The molecule has 1 fully saturated rings. The first-order valence-corrected chi connectivity index (χ1v) is 7.37. The largest absolute Gasteiger partial charge is 0.415 e. The molecule has 0 aromatic rings. The lowest BCUT2D eigenvalue weighted by molar-refractivity contribution is -0.269. The molecule has 0 N–H and O–H groups in total. The predicted molar refractivity (Wildman–Crippen MR) is 57.3 cm³/mol. The second-order valence-electron chi connectivity index (χ2n) is 4.62. The Bertz CT molecular complexity index is 510. The number of fused-ring (bicyclic) bond motifs is 2. The van der Waals surface area contributed by atoms with E-state index in [0.29, 0.717) is 6.26 Å². The molecule has 0 radical (unpaired) electrons. The van der Waals surface area contributed by atoms with Crippen LogP contribution in [0.5, 0.6) is 0 Å². The molecule has 2 bridgehead atoms. The van der Waals surface area contributed by atoms with Gasteiger partial charge in [0.2, 0.25) is 15.6 Å². The van der Waals surface area contributed by atoms with Crippen LogP contribution in [0, 0.1) is 5.92 Å². The van der Waals surface area contributed by atoms with Crippen LogP contribution in [0.1, 0.15) is 6.42 Å². The second-order valence-corrected chi connectivity index (χ2v) is 6.95. The highest BCUT2D eigenvalue weighted by atomic mass is 35.5. The van der Waals surface area contributed by atoms with Crippen molar-refractivity contribution in [2.24, 2.45) is 5.92 Å². The summed E-state index contributed by atoms with van der Waals surface area (Å²) < 4.78 is 89.6. The topological polar surface area (TPSA) is 37.4 Å². The van der Waals surface area contributed by atoms with Crippen molar-refractivity contribution in [1.29, 1.82) is 0 Å². The number of rotatable bonds is 2. The van der Waals surface area contributed by atoms with Crippen LogP contribution in [0.25, 0.3) is 0 Å². The molecular weight excluding hydrogens is 317 g/mol. The summed E-state index contributed by atoms with van der Waals surface area (Å²) in [5, 5.41) is -4.77. The van der Waals surface area contributed by atoms with E-state index in [1.54, 1.807) is 0 Å². The van der Waals surface area contributed by atoms with Crippen LogP contribution in [0.15, 0.2) is 12.2 Å². The zero-order chi connectivity index (χ0) is 14.9. The molecule has 3 nitrogen and oxygen atoms in total. The number of nitrogens with zero attached hydrogens (tertiary/aromatic N) is 1. The smallest absolute Gasteiger partial charge is 0.212 e. The summed E-state index contributed by atoms with van der Waals surface area (Å²) in [5.41, 5.74) is -3.92. The summed E-state index contributed by atoms with van der Waals surface area (Å²) in [6, 6.07) is -1.24. The van der Waals surface area contributed by atoms with Crippen LogP contribution in [-0.2, 0) is 10.0 Å². The van der Waals surface area contributed by atoms with Crippen molar-refractivity contribution in [3.05, 3.63) is 12.2 Å². The van der Waals surface area contributed by atoms with Crippen molar-refractivity contribution in [3.63, 3.8) is 0 Å². The standard InChI is InChI=1S/C9H9ClF5NO2S/c1-19(17,18)16-6-3-2-5(4-6)7(16,8(10,11)12)9(13,14)15/h2-3,5-6H,4H2,1H3/t5-,6-,7-/m0/s1. The molecule has 2 rings (SSSR count). The van der Waals surface area contributed by atoms with Gasteiger partial charge in [-0.3, -0.25) is 0 Å². The molecule has 19 heavy (non-hydrogen) atoms. The normalized spacial score (nSPS) is 36.2. The molecule has 0 aromatic heterocycles. The minimum absolute atomic E-state index is 0.197. The predicted octanol–water partition coefficient (Wildman–Crippen LogP) is 2.34. The van der Waals surface area contributed by atoms with Crippen LogP contribution in [0.3, 0.4) is 0 Å². The third-order valence-corrected chi connectivity index (χ3v) is 5.03. The SMILES string of the molecule is CS(=O)(=O)N1[C@H]2C=C[C@@H](C2)[C@@]1(C(F)(F)F)C(F)(F)Cl. The molecule has 10 heteroatoms. The highest BCUT2D eigenvalue weighted by Crippen LogP contribution is 2.61. The lowest BCUT2D eigenvalue weighted by Gasteiger charge is -2.45. The van der Waals surface area contributed by atoms with Gasteiger partial charge in [-0.2, -0.15) is 26.3 Å². The van der Waals surface area contributed by atoms with Gasteiger partial charge in [0.05, 0.1) is 6.26 Å². The maximum atomic E-state index is 13.5. The molecule has 1 aliphatic carbocycles. The highest BCUT2D eigenvalue weighted by molar-refractivity contribution is 7.88. The van der Waals surface area contributed by atoms with Crippen LogP contribution in [0.2, 0.25) is 0 Å². The second kappa shape index (κ2) is 3.82. The van der Waals surface area contributed by atoms with E-state index in [2.05, 4.69) is 11.6 Å². The van der Waals surface area contributed by atoms with E-state index in [1.165, 1.54) is 6.08 Å². The van der Waals surface area contributed by atoms with E-state index in [1.807, 2.05) is 0 Å². The molecule has 0 amide bonds. The molecule has 1 heterocycles. The summed E-state index contributed by atoms with van der Waals surface area (Å²) >= 11 is 4.68. The first kappa shape index (κ1) is 15.0. The van der Waals surface area contributed by atoms with E-state index < -0.39 is 39.1 Å². The van der Waals surface area contributed by atoms with Crippen LogP contribution in [-0.4, -0.2) is 42.1 Å². The molecule has 0 spiro atoms. The van der Waals surface area contributed by atoms with Crippen molar-refractivity contribution in [1.82, 2.24) is 4.31 Å². The van der Waals surface area contributed by atoms with Gasteiger partial charge in [-0.25, -0.2) is 8.42 Å². The maximum absolute atomic E-state index is 13.5. The van der Waals surface area contributed by atoms with Crippen molar-refractivity contribution in [2.75, 3.05) is 6.26 Å². The fraction of sp³-hybridized carbons (Fsp3) is 0.778. The van der Waals surface area contributed by atoms with Crippen molar-refractivity contribution in [3.8, 4) is 0 Å². The molecular formula is C9H9ClF5NO2S. The van der Waals surface area contributed by atoms with E-state index >= 15 is 0 Å². The molecule has 2 aliphatic rings. The van der Waals surface area contributed by atoms with Gasteiger partial charge in [-0.05, 0) is 18.0 Å². The van der Waals surface area contributed by atoms with E-state index in [-0.39, 0.29) is 10.7 Å². The summed E-state index contributed by atoms with van der Waals surface area (Å²) in [6.07, 6.45) is -3.25. The van der Waals surface area contributed by atoms with E-state index in [9.17, 15) is 30.4 Å². The Morgan fingerprint density at radius 2 is 1.79 bits per heavy atom. The van der Waals surface area contributed by atoms with Crippen molar-refractivity contribution >= 4 is 21.6 Å². The molecule has 0 unspecified atom stereocenters. The van der Waals surface area contributed by atoms with Gasteiger partial charge >= 0.3 is 11.6 Å². The molecule has 0 saturated carbocycles. The minimum atomic E-state index is -5.49. The average molecular weight is 326 g/mol. The Morgan fingerprint density at radius 1 is 1.26 bits per heavy atom. The van der Waals surface area contributed by atoms with Gasteiger partial charge in [-0.1, -0.05) is 12.2 Å². The van der Waals surface area contributed by atoms with Gasteiger partial charge in [0.1, 0.15) is 0 Å². The highest BCUT2D eigenvalue weighted by Gasteiger charge is 2.81. The summed E-state index contributed by atoms with van der Waals surface area (Å²) in [6.45, 7) is 0. The number of alkyl halides is 6. The van der Waals surface area contributed by atoms with Crippen LogP contribution < -0.4 is 0 Å². The monoisotopic (exact) mass is 325 g/mol. The van der Waals surface area contributed by atoms with Crippen molar-refractivity contribution < 1.29 is 30.4 Å². The lowest BCUT2D eigenvalue weighted by atomic mass is 9.85. The van der Waals surface area contributed by atoms with E-state index in [4.69, 9.17) is 0 Å². The van der Waals surface area contributed by atoms with E-state index in [0.717, 1.165) is 6.08 Å². The quantitative estimate of drug-likeness (QED) is 0.444. The Hall–Kier alpha value is -0.410. The molecule has 110 valence electrons. The number of hydrogen-bond donors (Lipinski definition) is 0. The Morgan fingerprint density at radius 3 is 2.11 bits per heavy atom. The molecule has 1 saturated heterocycles. The summed E-state index contributed by atoms with van der Waals surface area (Å²) in [7, 11) is -4.51. The zero-order valence-corrected chi connectivity index (χ0v) is 11.0. The van der Waals surface area contributed by atoms with Crippen molar-refractivity contribution in [2.45, 2.75) is 29.6 Å². The maximum Gasteiger partial charge on any atom is 0.415 e. The van der Waals surface area contributed by atoms with Gasteiger partial charge in [0, 0.05) is 12.0 Å². The number of hydrogen-bond acceptors (Lipinski definition) is 2. The van der Waals surface area contributed by atoms with Crippen LogP contribution >= 0.6 is 11.6 Å². The van der Waals surface area contributed by atoms with Gasteiger partial charge < -0.3 is 0 Å². The Labute approximate surface area is 111 Å². The number of halogens is 6. The van der Waals surface area contributed by atoms with Crippen LogP contribution in [0.4, 0.5) is 22.0 Å². The number of sulfonamides is 1. The average Bonchev–Trinajstić information content (AvgIpc) is 2.69. The minimum Gasteiger partial charge on any atom is -0.212 e. The zero-order valence-electron chi connectivity index (χ0n) is 9.46. The van der Waals surface area contributed by atoms with Gasteiger partial charge in [0.15, 0.2) is 0 Å². The Kier molecular flexibility index (Phi) is 3.02. The summed E-state index contributed by atoms with van der Waals surface area (Å²) in [5.74, 6) is -1.69. The lowest BCUT2D eigenvalue weighted by Crippen LogP contribution is -2.69. The van der Waals surface area contributed by atoms with Gasteiger partial charge in [0.25, 0.3) is 0 Å². The molecule has 0 aromatic carbocycles. The van der Waals surface area contributed by atoms with Gasteiger partial charge in [-0.15, -0.1) is 0 Å². The third-order valence-electron chi connectivity index (χ3n) is 3.47. The molecule has 3 atom stereocenters. The summed E-state index contributed by atoms with van der Waals surface area (Å²) in [4.78, 5) is 0. The Balaban J connectivity index is 2.76. The third kappa shape index (κ3) is 1.81. The first-order chi connectivity index (χ1) is 8.33. The fourth-order valence-electron chi connectivity index (χ4n) is 2.93. The first-order valence-electron chi connectivity index (χ1n) is 5.15. The molecule has 1 aliphatic heterocycles.